The summed E-state index contributed by atoms with van der Waals surface area (Å²) in [6, 6.07) is 0.492. The van der Waals surface area contributed by atoms with Crippen LogP contribution in [-0.2, 0) is 0 Å². The van der Waals surface area contributed by atoms with Gasteiger partial charge < -0.3 is 10.6 Å². The summed E-state index contributed by atoms with van der Waals surface area (Å²) in [5.74, 6) is 3.54. The van der Waals surface area contributed by atoms with E-state index in [0.717, 1.165) is 5.92 Å². The summed E-state index contributed by atoms with van der Waals surface area (Å²) >= 11 is 2.10. The van der Waals surface area contributed by atoms with Gasteiger partial charge in [-0.1, -0.05) is 0 Å². The van der Waals surface area contributed by atoms with Crippen molar-refractivity contribution >= 4 is 11.8 Å². The molecule has 0 bridgehead atoms. The van der Waals surface area contributed by atoms with Crippen molar-refractivity contribution in [2.75, 3.05) is 31.1 Å². The van der Waals surface area contributed by atoms with Crippen molar-refractivity contribution in [2.45, 2.75) is 31.7 Å². The minimum absolute atomic E-state index is 0.492. The van der Waals surface area contributed by atoms with Gasteiger partial charge in [0.15, 0.2) is 0 Å². The van der Waals surface area contributed by atoms with Crippen LogP contribution >= 0.6 is 11.8 Å². The van der Waals surface area contributed by atoms with Gasteiger partial charge >= 0.3 is 0 Å². The van der Waals surface area contributed by atoms with E-state index in [4.69, 9.17) is 5.73 Å². The number of rotatable bonds is 4. The van der Waals surface area contributed by atoms with Crippen LogP contribution < -0.4 is 5.73 Å². The molecule has 1 heterocycles. The summed E-state index contributed by atoms with van der Waals surface area (Å²) in [6.45, 7) is 3.81. The molecule has 1 aliphatic heterocycles. The topological polar surface area (TPSA) is 29.3 Å². The van der Waals surface area contributed by atoms with Gasteiger partial charge in [0.2, 0.25) is 0 Å². The molecule has 14 heavy (non-hydrogen) atoms. The first kappa shape index (κ1) is 10.8. The summed E-state index contributed by atoms with van der Waals surface area (Å²) < 4.78 is 0. The van der Waals surface area contributed by atoms with E-state index in [9.17, 15) is 0 Å². The molecule has 0 aromatic heterocycles. The molecule has 0 aromatic carbocycles. The van der Waals surface area contributed by atoms with Crippen molar-refractivity contribution in [1.29, 1.82) is 0 Å². The fourth-order valence-corrected chi connectivity index (χ4v) is 3.04. The van der Waals surface area contributed by atoms with Crippen LogP contribution in [0.5, 0.6) is 0 Å². The van der Waals surface area contributed by atoms with E-state index in [0.29, 0.717) is 6.04 Å². The SMILES string of the molecule is NC(CCN1CCCSCC1)C1CC1. The van der Waals surface area contributed by atoms with Crippen LogP contribution in [0.3, 0.4) is 0 Å². The molecule has 2 fully saturated rings. The standard InChI is InChI=1S/C11H22N2S/c12-11(10-2-3-10)4-6-13-5-1-8-14-9-7-13/h10-11H,1-9,12H2. The molecule has 0 radical (unpaired) electrons. The Kier molecular flexibility index (Phi) is 4.14. The zero-order valence-electron chi connectivity index (χ0n) is 8.95. The lowest BCUT2D eigenvalue weighted by Crippen LogP contribution is -2.33. The lowest BCUT2D eigenvalue weighted by Gasteiger charge is -2.21. The Bertz CT molecular complexity index is 163. The van der Waals surface area contributed by atoms with Gasteiger partial charge in [-0.3, -0.25) is 0 Å². The van der Waals surface area contributed by atoms with Crippen LogP contribution in [0.1, 0.15) is 25.7 Å². The van der Waals surface area contributed by atoms with Crippen LogP contribution in [-0.4, -0.2) is 42.1 Å². The second kappa shape index (κ2) is 5.38. The second-order valence-electron chi connectivity index (χ2n) is 4.60. The zero-order chi connectivity index (χ0) is 9.80. The maximum absolute atomic E-state index is 6.10. The average Bonchev–Trinajstić information content (AvgIpc) is 3.01. The van der Waals surface area contributed by atoms with Gasteiger partial charge in [-0.05, 0) is 50.4 Å². The molecule has 0 aromatic rings. The maximum Gasteiger partial charge on any atom is 0.00793 e. The minimum atomic E-state index is 0.492. The molecule has 2 nitrogen and oxygen atoms in total. The lowest BCUT2D eigenvalue weighted by molar-refractivity contribution is 0.278. The molecule has 1 unspecified atom stereocenters. The Morgan fingerprint density at radius 3 is 2.93 bits per heavy atom. The largest absolute Gasteiger partial charge is 0.327 e. The highest BCUT2D eigenvalue weighted by atomic mass is 32.2. The predicted octanol–water partition coefficient (Wildman–Crippen LogP) is 1.55. The third kappa shape index (κ3) is 3.44. The molecule has 0 amide bonds. The Hall–Kier alpha value is 0.270. The number of hydrogen-bond donors (Lipinski definition) is 1. The molecule has 1 aliphatic carbocycles. The zero-order valence-corrected chi connectivity index (χ0v) is 9.77. The molecule has 2 aliphatic rings. The molecule has 0 spiro atoms. The fraction of sp³-hybridized carbons (Fsp3) is 1.00. The Balaban J connectivity index is 1.62. The van der Waals surface area contributed by atoms with Crippen LogP contribution in [0.25, 0.3) is 0 Å². The quantitative estimate of drug-likeness (QED) is 0.770. The Labute approximate surface area is 91.6 Å². The van der Waals surface area contributed by atoms with E-state index in [2.05, 4.69) is 16.7 Å². The molecule has 82 valence electrons. The van der Waals surface area contributed by atoms with Crippen LogP contribution in [0.15, 0.2) is 0 Å². The number of hydrogen-bond acceptors (Lipinski definition) is 3. The average molecular weight is 214 g/mol. The van der Waals surface area contributed by atoms with Crippen molar-refractivity contribution in [3.8, 4) is 0 Å². The third-order valence-corrected chi connectivity index (χ3v) is 4.37. The van der Waals surface area contributed by atoms with E-state index in [1.165, 1.54) is 56.8 Å². The first-order valence-corrected chi connectivity index (χ1v) is 7.07. The molecule has 1 saturated carbocycles. The summed E-state index contributed by atoms with van der Waals surface area (Å²) in [5, 5.41) is 0. The highest BCUT2D eigenvalue weighted by molar-refractivity contribution is 7.99. The van der Waals surface area contributed by atoms with Gasteiger partial charge in [0, 0.05) is 18.3 Å². The second-order valence-corrected chi connectivity index (χ2v) is 5.82. The first-order valence-electron chi connectivity index (χ1n) is 5.92. The molecule has 2 rings (SSSR count). The van der Waals surface area contributed by atoms with Gasteiger partial charge in [0.25, 0.3) is 0 Å². The smallest absolute Gasteiger partial charge is 0.00793 e. The van der Waals surface area contributed by atoms with Crippen molar-refractivity contribution in [3.63, 3.8) is 0 Å². The third-order valence-electron chi connectivity index (χ3n) is 3.32. The maximum atomic E-state index is 6.10. The molecular formula is C11H22N2S. The van der Waals surface area contributed by atoms with Crippen molar-refractivity contribution in [1.82, 2.24) is 4.90 Å². The number of nitrogens with two attached hydrogens (primary N) is 1. The Morgan fingerprint density at radius 2 is 2.14 bits per heavy atom. The molecule has 2 N–H and O–H groups in total. The first-order chi connectivity index (χ1) is 6.86. The molecule has 3 heteroatoms. The van der Waals surface area contributed by atoms with Crippen molar-refractivity contribution < 1.29 is 0 Å². The molecule has 1 atom stereocenters. The Morgan fingerprint density at radius 1 is 1.29 bits per heavy atom. The monoisotopic (exact) mass is 214 g/mol. The van der Waals surface area contributed by atoms with E-state index in [1.807, 2.05) is 0 Å². The molecule has 1 saturated heterocycles. The van der Waals surface area contributed by atoms with E-state index in [-0.39, 0.29) is 0 Å². The minimum Gasteiger partial charge on any atom is -0.327 e. The number of thioether (sulfide) groups is 1. The van der Waals surface area contributed by atoms with E-state index in [1.54, 1.807) is 0 Å². The highest BCUT2D eigenvalue weighted by Gasteiger charge is 2.28. The van der Waals surface area contributed by atoms with E-state index < -0.39 is 0 Å². The molecular weight excluding hydrogens is 192 g/mol. The van der Waals surface area contributed by atoms with Crippen LogP contribution in [0.2, 0.25) is 0 Å². The van der Waals surface area contributed by atoms with Crippen LogP contribution in [0, 0.1) is 5.92 Å². The van der Waals surface area contributed by atoms with Crippen LogP contribution in [0.4, 0.5) is 0 Å². The van der Waals surface area contributed by atoms with Crippen molar-refractivity contribution in [2.24, 2.45) is 11.7 Å². The van der Waals surface area contributed by atoms with Gasteiger partial charge in [-0.25, -0.2) is 0 Å². The summed E-state index contributed by atoms with van der Waals surface area (Å²) in [7, 11) is 0. The van der Waals surface area contributed by atoms with Gasteiger partial charge in [0.05, 0.1) is 0 Å². The summed E-state index contributed by atoms with van der Waals surface area (Å²) in [4.78, 5) is 2.60. The van der Waals surface area contributed by atoms with Gasteiger partial charge in [0.1, 0.15) is 0 Å². The summed E-state index contributed by atoms with van der Waals surface area (Å²) in [6.07, 6.45) is 5.35. The van der Waals surface area contributed by atoms with Gasteiger partial charge in [-0.15, -0.1) is 0 Å². The highest BCUT2D eigenvalue weighted by Crippen LogP contribution is 2.32. The lowest BCUT2D eigenvalue weighted by atomic mass is 10.1. The normalized spacial score (nSPS) is 27.2. The summed E-state index contributed by atoms with van der Waals surface area (Å²) in [5.41, 5.74) is 6.10. The van der Waals surface area contributed by atoms with Crippen molar-refractivity contribution in [3.05, 3.63) is 0 Å². The fourth-order valence-electron chi connectivity index (χ4n) is 2.11. The predicted molar refractivity (Wildman–Crippen MR) is 63.7 cm³/mol. The van der Waals surface area contributed by atoms with Gasteiger partial charge in [-0.2, -0.15) is 11.8 Å². The number of nitrogens with zero attached hydrogens (tertiary/aromatic N) is 1. The van der Waals surface area contributed by atoms with E-state index >= 15 is 0 Å².